The number of unbranched alkanes of at least 4 members (excludes halogenated alkanes) is 1. The molecule has 0 radical (unpaired) electrons. The largest absolute Gasteiger partial charge is 0.454 e. The average Bonchev–Trinajstić information content (AvgIpc) is 3.20. The van der Waals surface area contributed by atoms with Crippen LogP contribution in [0.25, 0.3) is 0 Å². The van der Waals surface area contributed by atoms with Crippen molar-refractivity contribution in [2.24, 2.45) is 0 Å². The van der Waals surface area contributed by atoms with Crippen molar-refractivity contribution in [3.05, 3.63) is 35.5 Å². The molecular weight excluding hydrogens is 306 g/mol. The summed E-state index contributed by atoms with van der Waals surface area (Å²) in [7, 11) is 0. The zero-order valence-corrected chi connectivity index (χ0v) is 13.7. The van der Waals surface area contributed by atoms with Crippen molar-refractivity contribution in [2.75, 3.05) is 18.7 Å². The summed E-state index contributed by atoms with van der Waals surface area (Å²) < 4.78 is 12.7. The van der Waals surface area contributed by atoms with E-state index in [2.05, 4.69) is 35.5 Å². The Labute approximate surface area is 140 Å². The highest BCUT2D eigenvalue weighted by molar-refractivity contribution is 5.84. The number of benzene rings is 1. The van der Waals surface area contributed by atoms with E-state index >= 15 is 0 Å². The lowest BCUT2D eigenvalue weighted by atomic mass is 9.90. The third-order valence-electron chi connectivity index (χ3n) is 4.59. The molecule has 1 aromatic heterocycles. The number of rotatable bonds is 5. The number of carbonyl (C=O) groups excluding carboxylic acids is 1. The van der Waals surface area contributed by atoms with E-state index in [9.17, 15) is 4.79 Å². The van der Waals surface area contributed by atoms with Crippen LogP contribution in [-0.4, -0.2) is 28.9 Å². The molecule has 2 aliphatic rings. The molecule has 1 aromatic carbocycles. The monoisotopic (exact) mass is 327 g/mol. The maximum absolute atomic E-state index is 11.6. The summed E-state index contributed by atoms with van der Waals surface area (Å²) >= 11 is 0. The van der Waals surface area contributed by atoms with Crippen LogP contribution in [0.2, 0.25) is 0 Å². The molecule has 2 aliphatic heterocycles. The number of ketones is 1. The summed E-state index contributed by atoms with van der Waals surface area (Å²) in [5.74, 6) is 2.86. The van der Waals surface area contributed by atoms with Crippen LogP contribution < -0.4 is 14.8 Å². The number of Topliss-reactive ketones (excluding diaryl/α,β-unsaturated/α-hetero) is 1. The van der Waals surface area contributed by atoms with E-state index in [-0.39, 0.29) is 18.5 Å². The van der Waals surface area contributed by atoms with E-state index < -0.39 is 0 Å². The number of nitrogens with zero attached hydrogens (tertiary/aromatic N) is 2. The van der Waals surface area contributed by atoms with Crippen LogP contribution in [0.1, 0.15) is 43.4 Å². The summed E-state index contributed by atoms with van der Waals surface area (Å²) in [6.45, 7) is 3.21. The second-order valence-corrected chi connectivity index (χ2v) is 6.31. The number of aromatic nitrogens is 2. The van der Waals surface area contributed by atoms with Crippen LogP contribution in [0, 0.1) is 0 Å². The maximum atomic E-state index is 11.6. The van der Waals surface area contributed by atoms with Gasteiger partial charge in [0.1, 0.15) is 12.4 Å². The van der Waals surface area contributed by atoms with Gasteiger partial charge in [0.15, 0.2) is 17.3 Å². The Morgan fingerprint density at radius 2 is 2.17 bits per heavy atom. The molecule has 4 rings (SSSR count). The summed E-state index contributed by atoms with van der Waals surface area (Å²) in [6, 6.07) is 8.18. The smallest absolute Gasteiger partial charge is 0.231 e. The van der Waals surface area contributed by atoms with Gasteiger partial charge in [-0.2, -0.15) is 5.10 Å². The predicted octanol–water partition coefficient (Wildman–Crippen LogP) is 2.93. The Hall–Kier alpha value is -2.50. The Balaban J connectivity index is 1.68. The summed E-state index contributed by atoms with van der Waals surface area (Å²) in [4.78, 5) is 11.6. The Kier molecular flexibility index (Phi) is 3.88. The van der Waals surface area contributed by atoms with Gasteiger partial charge in [-0.15, -0.1) is 0 Å². The number of anilines is 1. The first kappa shape index (κ1) is 15.1. The molecule has 0 fully saturated rings. The molecule has 1 unspecified atom stereocenters. The highest BCUT2D eigenvalue weighted by Gasteiger charge is 2.24. The van der Waals surface area contributed by atoms with E-state index in [1.54, 1.807) is 4.68 Å². The van der Waals surface area contributed by atoms with Gasteiger partial charge in [-0.05, 0) is 24.1 Å². The number of hydrogen-bond acceptors (Lipinski definition) is 5. The van der Waals surface area contributed by atoms with Gasteiger partial charge in [0, 0.05) is 12.0 Å². The number of ether oxygens (including phenoxy) is 2. The van der Waals surface area contributed by atoms with Crippen LogP contribution in [0.4, 0.5) is 5.82 Å². The Morgan fingerprint density at radius 3 is 3.04 bits per heavy atom. The van der Waals surface area contributed by atoms with Gasteiger partial charge in [0.05, 0.1) is 12.2 Å². The first-order valence-electron chi connectivity index (χ1n) is 8.47. The molecule has 3 heterocycles. The van der Waals surface area contributed by atoms with E-state index in [1.807, 2.05) is 6.07 Å². The second-order valence-electron chi connectivity index (χ2n) is 6.31. The third kappa shape index (κ3) is 2.72. The molecule has 0 saturated heterocycles. The standard InChI is InChI=1S/C18H21N3O3/c1-2-3-4-14(12-5-6-16-17(7-12)24-11-23-16)15-8-18-19-9-13(22)10-21(18)20-15/h5-8,14,19H,2-4,9-11H2,1H3. The Morgan fingerprint density at radius 1 is 1.29 bits per heavy atom. The molecule has 6 nitrogen and oxygen atoms in total. The lowest BCUT2D eigenvalue weighted by Crippen LogP contribution is -2.27. The van der Waals surface area contributed by atoms with Crippen molar-refractivity contribution in [1.82, 2.24) is 9.78 Å². The molecule has 1 atom stereocenters. The molecule has 0 saturated carbocycles. The lowest BCUT2D eigenvalue weighted by Gasteiger charge is -2.15. The van der Waals surface area contributed by atoms with Gasteiger partial charge in [-0.1, -0.05) is 25.8 Å². The Bertz CT molecular complexity index is 769. The molecule has 6 heteroatoms. The van der Waals surface area contributed by atoms with E-state index in [0.29, 0.717) is 13.1 Å². The fourth-order valence-electron chi connectivity index (χ4n) is 3.31. The average molecular weight is 327 g/mol. The van der Waals surface area contributed by atoms with Gasteiger partial charge in [0.2, 0.25) is 6.79 Å². The van der Waals surface area contributed by atoms with Crippen LogP contribution in [0.3, 0.4) is 0 Å². The van der Waals surface area contributed by atoms with Crippen LogP contribution in [0.5, 0.6) is 11.5 Å². The van der Waals surface area contributed by atoms with Gasteiger partial charge < -0.3 is 14.8 Å². The molecule has 0 aliphatic carbocycles. The number of carbonyl (C=O) groups is 1. The van der Waals surface area contributed by atoms with Crippen molar-refractivity contribution < 1.29 is 14.3 Å². The van der Waals surface area contributed by atoms with Gasteiger partial charge in [-0.25, -0.2) is 4.68 Å². The van der Waals surface area contributed by atoms with E-state index in [4.69, 9.17) is 9.47 Å². The SMILES string of the molecule is CCCCC(c1ccc2c(c1)OCO2)c1cc2n(n1)CC(=O)CN2. The molecule has 1 N–H and O–H groups in total. The zero-order chi connectivity index (χ0) is 16.5. The second kappa shape index (κ2) is 6.19. The molecule has 0 bridgehead atoms. The van der Waals surface area contributed by atoms with Crippen LogP contribution in [0.15, 0.2) is 24.3 Å². The zero-order valence-electron chi connectivity index (χ0n) is 13.7. The van der Waals surface area contributed by atoms with Gasteiger partial charge >= 0.3 is 0 Å². The molecule has 0 spiro atoms. The minimum absolute atomic E-state index is 0.158. The summed E-state index contributed by atoms with van der Waals surface area (Å²) in [5.41, 5.74) is 2.17. The van der Waals surface area contributed by atoms with Crippen LogP contribution >= 0.6 is 0 Å². The molecule has 126 valence electrons. The highest BCUT2D eigenvalue weighted by Crippen LogP contribution is 2.38. The molecule has 24 heavy (non-hydrogen) atoms. The van der Waals surface area contributed by atoms with Crippen LogP contribution in [-0.2, 0) is 11.3 Å². The summed E-state index contributed by atoms with van der Waals surface area (Å²) in [5, 5.41) is 7.83. The first-order valence-corrected chi connectivity index (χ1v) is 8.47. The topological polar surface area (TPSA) is 65.4 Å². The summed E-state index contributed by atoms with van der Waals surface area (Å²) in [6.07, 6.45) is 3.26. The van der Waals surface area contributed by atoms with Crippen molar-refractivity contribution in [3.63, 3.8) is 0 Å². The lowest BCUT2D eigenvalue weighted by molar-refractivity contribution is -0.118. The van der Waals surface area contributed by atoms with Crippen molar-refractivity contribution in [3.8, 4) is 11.5 Å². The van der Waals surface area contributed by atoms with E-state index in [0.717, 1.165) is 42.3 Å². The fourth-order valence-corrected chi connectivity index (χ4v) is 3.31. The van der Waals surface area contributed by atoms with Gasteiger partial charge in [0.25, 0.3) is 0 Å². The number of nitrogens with one attached hydrogen (secondary N) is 1. The normalized spacial score (nSPS) is 16.6. The highest BCUT2D eigenvalue weighted by atomic mass is 16.7. The van der Waals surface area contributed by atoms with Crippen molar-refractivity contribution in [2.45, 2.75) is 38.6 Å². The van der Waals surface area contributed by atoms with Gasteiger partial charge in [-0.3, -0.25) is 4.79 Å². The molecular formula is C18H21N3O3. The van der Waals surface area contributed by atoms with Crippen molar-refractivity contribution >= 4 is 11.6 Å². The molecule has 2 aromatic rings. The quantitative estimate of drug-likeness (QED) is 0.915. The third-order valence-corrected chi connectivity index (χ3v) is 4.59. The fraction of sp³-hybridized carbons (Fsp3) is 0.444. The number of fused-ring (bicyclic) bond motifs is 2. The van der Waals surface area contributed by atoms with Crippen molar-refractivity contribution in [1.29, 1.82) is 0 Å². The maximum Gasteiger partial charge on any atom is 0.231 e. The minimum atomic E-state index is 0.158. The minimum Gasteiger partial charge on any atom is -0.454 e. The first-order chi connectivity index (χ1) is 11.7. The number of hydrogen-bond donors (Lipinski definition) is 1. The predicted molar refractivity (Wildman–Crippen MR) is 89.7 cm³/mol. The van der Waals surface area contributed by atoms with E-state index in [1.165, 1.54) is 5.56 Å². The molecule has 0 amide bonds.